The Morgan fingerprint density at radius 2 is 1.46 bits per heavy atom. The molecule has 0 N–H and O–H groups in total. The molecule has 1 aromatic heterocycles. The molecule has 26 heavy (non-hydrogen) atoms. The molecule has 146 valence electrons. The van der Waals surface area contributed by atoms with E-state index in [9.17, 15) is 0 Å². The Labute approximate surface area is 162 Å². The SMILES string of the molecule is CCCCc1ccc(CC[C@H]2CC[C@H]([C@H]3CC[C@H](CC)CC3)CC2)nc1. The average Bonchev–Trinajstić information content (AvgIpc) is 2.72. The molecule has 0 amide bonds. The van der Waals surface area contributed by atoms with Crippen LogP contribution < -0.4 is 0 Å². The third-order valence-electron chi connectivity index (χ3n) is 7.54. The summed E-state index contributed by atoms with van der Waals surface area (Å²) in [4.78, 5) is 4.72. The first-order valence-corrected chi connectivity index (χ1v) is 11.7. The molecule has 2 fully saturated rings. The number of hydrogen-bond donors (Lipinski definition) is 0. The molecule has 2 aliphatic rings. The first-order valence-electron chi connectivity index (χ1n) is 11.7. The van der Waals surface area contributed by atoms with Crippen LogP contribution in [0.15, 0.2) is 18.3 Å². The maximum absolute atomic E-state index is 4.72. The van der Waals surface area contributed by atoms with Crippen LogP contribution in [-0.2, 0) is 12.8 Å². The summed E-state index contributed by atoms with van der Waals surface area (Å²) in [5.41, 5.74) is 2.72. The van der Waals surface area contributed by atoms with Crippen LogP contribution in [0.4, 0.5) is 0 Å². The molecule has 0 bridgehead atoms. The van der Waals surface area contributed by atoms with Crippen LogP contribution in [0.5, 0.6) is 0 Å². The molecule has 0 atom stereocenters. The molecule has 3 rings (SSSR count). The van der Waals surface area contributed by atoms with Gasteiger partial charge in [0.05, 0.1) is 0 Å². The summed E-state index contributed by atoms with van der Waals surface area (Å²) in [6.07, 6.45) is 21.9. The summed E-state index contributed by atoms with van der Waals surface area (Å²) in [7, 11) is 0. The van der Waals surface area contributed by atoms with Gasteiger partial charge < -0.3 is 0 Å². The van der Waals surface area contributed by atoms with Gasteiger partial charge in [-0.3, -0.25) is 4.98 Å². The summed E-state index contributed by atoms with van der Waals surface area (Å²) < 4.78 is 0. The highest BCUT2D eigenvalue weighted by molar-refractivity contribution is 5.14. The van der Waals surface area contributed by atoms with E-state index in [0.29, 0.717) is 0 Å². The summed E-state index contributed by atoms with van der Waals surface area (Å²) in [6, 6.07) is 4.59. The zero-order valence-electron chi connectivity index (χ0n) is 17.4. The van der Waals surface area contributed by atoms with Gasteiger partial charge in [-0.05, 0) is 86.7 Å². The number of aryl methyl sites for hydroxylation is 2. The Balaban J connectivity index is 1.35. The topological polar surface area (TPSA) is 12.9 Å². The van der Waals surface area contributed by atoms with E-state index in [0.717, 1.165) is 23.7 Å². The Kier molecular flexibility index (Phi) is 8.02. The van der Waals surface area contributed by atoms with Crippen molar-refractivity contribution in [2.75, 3.05) is 0 Å². The zero-order chi connectivity index (χ0) is 18.2. The standard InChI is InChI=1S/C25H41N/c1-3-5-6-22-12-18-25(26-19-22)17-11-21-9-15-24(16-10-21)23-13-7-20(4-2)8-14-23/h12,18-21,23-24H,3-11,13-17H2,1-2H3/t20-,21-,23-,24-. The molecule has 1 nitrogen and oxygen atoms in total. The van der Waals surface area contributed by atoms with Gasteiger partial charge >= 0.3 is 0 Å². The second-order valence-electron chi connectivity index (χ2n) is 9.27. The monoisotopic (exact) mass is 355 g/mol. The van der Waals surface area contributed by atoms with Crippen molar-refractivity contribution < 1.29 is 0 Å². The fourth-order valence-corrected chi connectivity index (χ4v) is 5.50. The predicted octanol–water partition coefficient (Wildman–Crippen LogP) is 7.38. The van der Waals surface area contributed by atoms with Crippen molar-refractivity contribution in [3.8, 4) is 0 Å². The molecular weight excluding hydrogens is 314 g/mol. The summed E-state index contributed by atoms with van der Waals surface area (Å²) >= 11 is 0. The third kappa shape index (κ3) is 5.83. The lowest BCUT2D eigenvalue weighted by Gasteiger charge is -2.37. The van der Waals surface area contributed by atoms with Gasteiger partial charge in [0.25, 0.3) is 0 Å². The van der Waals surface area contributed by atoms with Gasteiger partial charge in [0.15, 0.2) is 0 Å². The number of pyridine rings is 1. The Morgan fingerprint density at radius 3 is 2.00 bits per heavy atom. The zero-order valence-corrected chi connectivity index (χ0v) is 17.4. The lowest BCUT2D eigenvalue weighted by Crippen LogP contribution is -2.25. The van der Waals surface area contributed by atoms with E-state index in [4.69, 9.17) is 4.98 Å². The highest BCUT2D eigenvalue weighted by atomic mass is 14.7. The molecule has 1 heterocycles. The van der Waals surface area contributed by atoms with E-state index in [2.05, 4.69) is 32.2 Å². The first-order chi connectivity index (χ1) is 12.8. The van der Waals surface area contributed by atoms with Crippen molar-refractivity contribution in [3.05, 3.63) is 29.6 Å². The largest absolute Gasteiger partial charge is 0.261 e. The molecule has 2 saturated carbocycles. The van der Waals surface area contributed by atoms with E-state index in [1.165, 1.54) is 101 Å². The molecule has 0 unspecified atom stereocenters. The molecular formula is C25H41N. The average molecular weight is 356 g/mol. The highest BCUT2D eigenvalue weighted by Gasteiger charge is 2.30. The number of unbranched alkanes of at least 4 members (excludes halogenated alkanes) is 1. The number of hydrogen-bond acceptors (Lipinski definition) is 1. The van der Waals surface area contributed by atoms with Crippen LogP contribution in [0.1, 0.15) is 102 Å². The maximum atomic E-state index is 4.72. The third-order valence-corrected chi connectivity index (χ3v) is 7.54. The maximum Gasteiger partial charge on any atom is 0.0403 e. The molecule has 0 aliphatic heterocycles. The molecule has 1 heteroatoms. The second-order valence-corrected chi connectivity index (χ2v) is 9.27. The van der Waals surface area contributed by atoms with Crippen molar-refractivity contribution in [2.24, 2.45) is 23.7 Å². The minimum atomic E-state index is 0.958. The number of aromatic nitrogens is 1. The van der Waals surface area contributed by atoms with E-state index < -0.39 is 0 Å². The Hall–Kier alpha value is -0.850. The lowest BCUT2D eigenvalue weighted by atomic mass is 9.68. The van der Waals surface area contributed by atoms with E-state index in [-0.39, 0.29) is 0 Å². The highest BCUT2D eigenvalue weighted by Crippen LogP contribution is 2.42. The Bertz CT molecular complexity index is 489. The van der Waals surface area contributed by atoms with E-state index in [1.807, 2.05) is 0 Å². The number of nitrogens with zero attached hydrogens (tertiary/aromatic N) is 1. The molecule has 0 radical (unpaired) electrons. The van der Waals surface area contributed by atoms with E-state index in [1.54, 1.807) is 0 Å². The van der Waals surface area contributed by atoms with Gasteiger partial charge in [-0.15, -0.1) is 0 Å². The van der Waals surface area contributed by atoms with Crippen LogP contribution in [0.2, 0.25) is 0 Å². The first kappa shape index (κ1) is 19.9. The molecule has 0 aromatic carbocycles. The van der Waals surface area contributed by atoms with E-state index >= 15 is 0 Å². The summed E-state index contributed by atoms with van der Waals surface area (Å²) in [5.74, 6) is 4.12. The lowest BCUT2D eigenvalue weighted by molar-refractivity contribution is 0.142. The van der Waals surface area contributed by atoms with Gasteiger partial charge in [0.1, 0.15) is 0 Å². The van der Waals surface area contributed by atoms with Crippen molar-refractivity contribution >= 4 is 0 Å². The fraction of sp³-hybridized carbons (Fsp3) is 0.800. The predicted molar refractivity (Wildman–Crippen MR) is 112 cm³/mol. The van der Waals surface area contributed by atoms with Gasteiger partial charge in [-0.1, -0.05) is 58.4 Å². The molecule has 1 aromatic rings. The Morgan fingerprint density at radius 1 is 0.808 bits per heavy atom. The summed E-state index contributed by atoms with van der Waals surface area (Å²) in [5, 5.41) is 0. The second kappa shape index (κ2) is 10.5. The van der Waals surface area contributed by atoms with Crippen LogP contribution in [-0.4, -0.2) is 4.98 Å². The van der Waals surface area contributed by atoms with Crippen molar-refractivity contribution in [1.29, 1.82) is 0 Å². The van der Waals surface area contributed by atoms with Crippen molar-refractivity contribution in [2.45, 2.75) is 104 Å². The van der Waals surface area contributed by atoms with Crippen LogP contribution >= 0.6 is 0 Å². The van der Waals surface area contributed by atoms with Gasteiger partial charge in [0, 0.05) is 11.9 Å². The molecule has 0 spiro atoms. The van der Waals surface area contributed by atoms with Gasteiger partial charge in [-0.2, -0.15) is 0 Å². The van der Waals surface area contributed by atoms with Crippen LogP contribution in [0.3, 0.4) is 0 Å². The van der Waals surface area contributed by atoms with Crippen molar-refractivity contribution in [1.82, 2.24) is 4.98 Å². The smallest absolute Gasteiger partial charge is 0.0403 e. The molecule has 2 aliphatic carbocycles. The van der Waals surface area contributed by atoms with Crippen LogP contribution in [0.25, 0.3) is 0 Å². The van der Waals surface area contributed by atoms with Crippen LogP contribution in [0, 0.1) is 23.7 Å². The minimum absolute atomic E-state index is 0.958. The quantitative estimate of drug-likeness (QED) is 0.474. The van der Waals surface area contributed by atoms with Gasteiger partial charge in [0.2, 0.25) is 0 Å². The summed E-state index contributed by atoms with van der Waals surface area (Å²) in [6.45, 7) is 4.64. The number of rotatable bonds is 8. The normalized spacial score (nSPS) is 29.6. The van der Waals surface area contributed by atoms with Gasteiger partial charge in [-0.25, -0.2) is 0 Å². The fourth-order valence-electron chi connectivity index (χ4n) is 5.50. The van der Waals surface area contributed by atoms with Crippen molar-refractivity contribution in [3.63, 3.8) is 0 Å². The minimum Gasteiger partial charge on any atom is -0.261 e. The molecule has 0 saturated heterocycles.